The minimum atomic E-state index is 0. The molecule has 0 bridgehead atoms. The minimum absolute atomic E-state index is 0. The Morgan fingerprint density at radius 2 is 1.00 bits per heavy atom. The Morgan fingerprint density at radius 1 is 1.00 bits per heavy atom. The molecule has 0 saturated carbocycles. The molecule has 0 fully saturated rings. The first-order valence-electron chi connectivity index (χ1n) is 0. The van der Waals surface area contributed by atoms with Gasteiger partial charge in [0.2, 0.25) is 0 Å². The van der Waals surface area contributed by atoms with Crippen molar-refractivity contribution in [3.63, 3.8) is 0 Å². The molecule has 0 heterocycles. The van der Waals surface area contributed by atoms with Crippen molar-refractivity contribution < 1.29 is 52.1 Å². The average Bonchev–Trinajstić information content (AvgIpc) is 0. The van der Waals surface area contributed by atoms with Gasteiger partial charge in [-0.15, -0.1) is 0 Å². The van der Waals surface area contributed by atoms with Crippen LogP contribution in [0.4, 0.5) is 0 Å². The summed E-state index contributed by atoms with van der Waals surface area (Å²) in [5.74, 6) is 0. The van der Waals surface area contributed by atoms with Gasteiger partial charge in [0.25, 0.3) is 0 Å². The van der Waals surface area contributed by atoms with Crippen molar-refractivity contribution in [3.05, 3.63) is 0 Å². The van der Waals surface area contributed by atoms with Crippen LogP contribution in [0.1, 0.15) is 0 Å². The molecule has 4 heteroatoms. The van der Waals surface area contributed by atoms with E-state index in [0.29, 0.717) is 0 Å². The van der Waals surface area contributed by atoms with Gasteiger partial charge in [-0.25, -0.2) is 0 Å². The van der Waals surface area contributed by atoms with Gasteiger partial charge in [-0.3, -0.25) is 0 Å². The van der Waals surface area contributed by atoms with Crippen LogP contribution in [0.15, 0.2) is 0 Å². The zero-order chi connectivity index (χ0) is 0. The summed E-state index contributed by atoms with van der Waals surface area (Å²) in [6.45, 7) is 0. The molecule has 0 spiro atoms. The van der Waals surface area contributed by atoms with Crippen molar-refractivity contribution in [2.45, 2.75) is 0 Å². The van der Waals surface area contributed by atoms with Crippen LogP contribution in [-0.2, 0) is 16.5 Å². The van der Waals surface area contributed by atoms with E-state index in [9.17, 15) is 0 Å². The summed E-state index contributed by atoms with van der Waals surface area (Å²) in [7, 11) is 0. The number of hydrogen-bond acceptors (Lipinski definition) is 0. The summed E-state index contributed by atoms with van der Waals surface area (Å²) in [6.07, 6.45) is 0. The van der Waals surface area contributed by atoms with Gasteiger partial charge < -0.3 is 0 Å². The summed E-state index contributed by atoms with van der Waals surface area (Å²) in [4.78, 5) is 0. The van der Waals surface area contributed by atoms with Crippen LogP contribution in [0.25, 0.3) is 0 Å². The molecule has 5 radical (unpaired) electrons. The quantitative estimate of drug-likeness (QED) is 0.503. The van der Waals surface area contributed by atoms with E-state index in [4.69, 9.17) is 0 Å². The Hall–Kier alpha value is 3.71. The first-order valence-corrected chi connectivity index (χ1v) is 0. The maximum absolute atomic E-state index is 0. The molecular formula is CaLaMgNi. The second kappa shape index (κ2) is 15.9. The van der Waals surface area contributed by atoms with E-state index in [1.54, 1.807) is 0 Å². The fourth-order valence-electron chi connectivity index (χ4n) is 0. The van der Waals surface area contributed by atoms with Gasteiger partial charge >= 0.3 is 0 Å². The smallest absolute Gasteiger partial charge is 0 e. The Morgan fingerprint density at radius 3 is 1.00 bits per heavy atom. The van der Waals surface area contributed by atoms with Crippen LogP contribution in [0.2, 0.25) is 0 Å². The van der Waals surface area contributed by atoms with Crippen LogP contribution < -0.4 is 0 Å². The molecule has 0 unspecified atom stereocenters. The van der Waals surface area contributed by atoms with Gasteiger partial charge in [0.1, 0.15) is 0 Å². The van der Waals surface area contributed by atoms with Crippen LogP contribution in [0.5, 0.6) is 0 Å². The van der Waals surface area contributed by atoms with Crippen molar-refractivity contribution in [1.29, 1.82) is 0 Å². The third-order valence-electron chi connectivity index (χ3n) is 0. The van der Waals surface area contributed by atoms with Crippen molar-refractivity contribution in [1.82, 2.24) is 0 Å². The Balaban J connectivity index is 0. The zero-order valence-corrected chi connectivity index (χ0v) is 10.5. The van der Waals surface area contributed by atoms with E-state index >= 15 is 0 Å². The summed E-state index contributed by atoms with van der Waals surface area (Å²) in [5, 5.41) is 0. The van der Waals surface area contributed by atoms with Crippen LogP contribution in [0.3, 0.4) is 0 Å². The molecule has 0 atom stereocenters. The minimum Gasteiger partial charge on any atom is 0 e. The van der Waals surface area contributed by atoms with Gasteiger partial charge in [0, 0.05) is 113 Å². The molecule has 0 aromatic heterocycles. The molecule has 0 aliphatic carbocycles. The van der Waals surface area contributed by atoms with E-state index in [0.717, 1.165) is 0 Å². The first-order chi connectivity index (χ1) is 0. The number of rotatable bonds is 0. The standard InChI is InChI=1S/Ca.La.Mg.Ni. The molecule has 0 amide bonds. The van der Waals surface area contributed by atoms with Gasteiger partial charge in [0.05, 0.1) is 0 Å². The molecule has 0 aromatic rings. The molecule has 4 heavy (non-hydrogen) atoms. The van der Waals surface area contributed by atoms with Crippen LogP contribution in [0, 0.1) is 35.6 Å². The monoisotopic (exact) mass is 261 g/mol. The SMILES string of the molecule is [Ca].[La].[Mg].[Ni]. The third kappa shape index (κ3) is 9.21. The normalized spacial score (nSPS) is 0. The molecule has 0 aromatic carbocycles. The number of hydrogen-bond donors (Lipinski definition) is 0. The summed E-state index contributed by atoms with van der Waals surface area (Å²) < 4.78 is 0. The van der Waals surface area contributed by atoms with E-state index in [-0.39, 0.29) is 113 Å². The topological polar surface area (TPSA) is 0 Å². The second-order valence-electron chi connectivity index (χ2n) is 0. The van der Waals surface area contributed by atoms with E-state index in [1.807, 2.05) is 0 Å². The average molecular weight is 262 g/mol. The third-order valence-corrected chi connectivity index (χ3v) is 0. The van der Waals surface area contributed by atoms with Gasteiger partial charge in [-0.05, 0) is 0 Å². The predicted octanol–water partition coefficient (Wildman–Crippen LogP) is -0.764. The molecule has 0 saturated heterocycles. The van der Waals surface area contributed by atoms with E-state index in [2.05, 4.69) is 0 Å². The zero-order valence-electron chi connectivity index (χ0n) is 2.31. The van der Waals surface area contributed by atoms with Gasteiger partial charge in [0.15, 0.2) is 0 Å². The van der Waals surface area contributed by atoms with Crippen molar-refractivity contribution in [2.24, 2.45) is 0 Å². The Kier molecular flexibility index (Phi) is 100. The molecule has 0 N–H and O–H groups in total. The van der Waals surface area contributed by atoms with Crippen molar-refractivity contribution in [2.75, 3.05) is 0 Å². The van der Waals surface area contributed by atoms with E-state index < -0.39 is 0 Å². The molecule has 0 aliphatic rings. The Bertz CT molecular complexity index is 8.00. The fraction of sp³-hybridized carbons (Fsp3) is 0. The Labute approximate surface area is 110 Å². The summed E-state index contributed by atoms with van der Waals surface area (Å²) in [6, 6.07) is 0. The van der Waals surface area contributed by atoms with Crippen molar-refractivity contribution >= 4 is 60.8 Å². The van der Waals surface area contributed by atoms with Gasteiger partial charge in [-0.2, -0.15) is 0 Å². The van der Waals surface area contributed by atoms with E-state index in [1.165, 1.54) is 0 Å². The molecule has 0 aliphatic heterocycles. The maximum Gasteiger partial charge on any atom is 0 e. The molecule has 0 rings (SSSR count). The van der Waals surface area contributed by atoms with Gasteiger partial charge in [-0.1, -0.05) is 0 Å². The van der Waals surface area contributed by atoms with Crippen LogP contribution >= 0.6 is 0 Å². The molecule has 0 nitrogen and oxygen atoms in total. The predicted molar refractivity (Wildman–Crippen MR) is 11.5 cm³/mol. The fourth-order valence-corrected chi connectivity index (χ4v) is 0. The first kappa shape index (κ1) is 25.2. The summed E-state index contributed by atoms with van der Waals surface area (Å²) in [5.41, 5.74) is 0. The van der Waals surface area contributed by atoms with Crippen molar-refractivity contribution in [3.8, 4) is 0 Å². The summed E-state index contributed by atoms with van der Waals surface area (Å²) >= 11 is 0. The second-order valence-corrected chi connectivity index (χ2v) is 0. The van der Waals surface area contributed by atoms with Crippen LogP contribution in [-0.4, -0.2) is 60.8 Å². The largest absolute Gasteiger partial charge is 0 e. The molecular weight excluding hydrogens is 262 g/mol. The molecule has 17 valence electrons. The maximum atomic E-state index is 0.